The fourth-order valence-corrected chi connectivity index (χ4v) is 5.73. The number of hydrogen-bond donors (Lipinski definition) is 0. The van der Waals surface area contributed by atoms with Gasteiger partial charge in [0, 0.05) is 50.8 Å². The molecule has 2 aromatic carbocycles. The zero-order valence-electron chi connectivity index (χ0n) is 21.1. The standard InChI is InChI=1S/C27H30Cl2N2O6/c1-16(32)36-20-12-19-6-9-31(24(34)15-30(10-7-28)11-8-29)22-13-18-4-5-23(35-3)27(37-17(2)33)26(18)21(14-20)25(19)22/h4-5,12,14,22H,6-11,13,15H2,1-3H3/t22-/m1/s1. The Morgan fingerprint density at radius 2 is 1.73 bits per heavy atom. The Morgan fingerprint density at radius 1 is 1.03 bits per heavy atom. The van der Waals surface area contributed by atoms with Gasteiger partial charge in [0.05, 0.1) is 19.7 Å². The largest absolute Gasteiger partial charge is 0.493 e. The van der Waals surface area contributed by atoms with E-state index in [9.17, 15) is 14.4 Å². The highest BCUT2D eigenvalue weighted by Gasteiger charge is 2.39. The molecule has 4 rings (SSSR count). The summed E-state index contributed by atoms with van der Waals surface area (Å²) in [7, 11) is 1.51. The van der Waals surface area contributed by atoms with Gasteiger partial charge in [0.1, 0.15) is 5.75 Å². The lowest BCUT2D eigenvalue weighted by Gasteiger charge is -2.42. The number of methoxy groups -OCH3 is 1. The molecule has 8 nitrogen and oxygen atoms in total. The van der Waals surface area contributed by atoms with Gasteiger partial charge in [0.2, 0.25) is 5.91 Å². The maximum atomic E-state index is 13.5. The van der Waals surface area contributed by atoms with Crippen LogP contribution in [0.25, 0.3) is 11.1 Å². The average molecular weight is 549 g/mol. The van der Waals surface area contributed by atoms with Gasteiger partial charge in [-0.05, 0) is 53.3 Å². The summed E-state index contributed by atoms with van der Waals surface area (Å²) < 4.78 is 16.6. The molecular weight excluding hydrogens is 519 g/mol. The number of esters is 2. The van der Waals surface area contributed by atoms with E-state index in [2.05, 4.69) is 0 Å². The molecule has 0 saturated heterocycles. The van der Waals surface area contributed by atoms with E-state index in [-0.39, 0.29) is 18.5 Å². The first-order valence-electron chi connectivity index (χ1n) is 12.1. The minimum absolute atomic E-state index is 0.00179. The number of amides is 1. The van der Waals surface area contributed by atoms with Crippen molar-refractivity contribution in [3.8, 4) is 28.4 Å². The van der Waals surface area contributed by atoms with Crippen molar-refractivity contribution in [1.82, 2.24) is 9.80 Å². The smallest absolute Gasteiger partial charge is 0.308 e. The summed E-state index contributed by atoms with van der Waals surface area (Å²) in [6.45, 7) is 4.57. The Labute approximate surface area is 226 Å². The van der Waals surface area contributed by atoms with Crippen LogP contribution in [0.3, 0.4) is 0 Å². The van der Waals surface area contributed by atoms with Crippen LogP contribution in [0, 0.1) is 0 Å². The van der Waals surface area contributed by atoms with E-state index >= 15 is 0 Å². The Kier molecular flexibility index (Phi) is 8.62. The number of halogens is 2. The first-order chi connectivity index (χ1) is 17.8. The van der Waals surface area contributed by atoms with Crippen molar-refractivity contribution in [2.45, 2.75) is 32.7 Å². The number of alkyl halides is 2. The van der Waals surface area contributed by atoms with Gasteiger partial charge in [-0.3, -0.25) is 19.3 Å². The predicted octanol–water partition coefficient (Wildman–Crippen LogP) is 3.97. The van der Waals surface area contributed by atoms with Crippen LogP contribution in [-0.4, -0.2) is 72.7 Å². The quantitative estimate of drug-likeness (QED) is 0.266. The molecule has 2 aromatic rings. The molecule has 1 aliphatic carbocycles. The van der Waals surface area contributed by atoms with Gasteiger partial charge in [-0.25, -0.2) is 0 Å². The first kappa shape index (κ1) is 27.2. The van der Waals surface area contributed by atoms with Crippen LogP contribution in [-0.2, 0) is 27.2 Å². The van der Waals surface area contributed by atoms with Gasteiger partial charge < -0.3 is 19.1 Å². The van der Waals surface area contributed by atoms with Crippen molar-refractivity contribution < 1.29 is 28.6 Å². The molecule has 37 heavy (non-hydrogen) atoms. The van der Waals surface area contributed by atoms with Crippen molar-refractivity contribution >= 4 is 41.0 Å². The number of rotatable bonds is 9. The van der Waals surface area contributed by atoms with Crippen LogP contribution in [0.4, 0.5) is 0 Å². The maximum absolute atomic E-state index is 13.5. The van der Waals surface area contributed by atoms with Crippen molar-refractivity contribution in [3.05, 3.63) is 41.0 Å². The molecule has 2 aliphatic rings. The fourth-order valence-electron chi connectivity index (χ4n) is 5.25. The molecule has 0 unspecified atom stereocenters. The highest BCUT2D eigenvalue weighted by molar-refractivity contribution is 6.18. The Bertz CT molecular complexity index is 1210. The number of ether oxygens (including phenoxy) is 3. The molecule has 0 radical (unpaired) electrons. The van der Waals surface area contributed by atoms with E-state index in [1.807, 2.05) is 21.9 Å². The molecule has 198 valence electrons. The molecular formula is C27H30Cl2N2O6. The highest BCUT2D eigenvalue weighted by Crippen LogP contribution is 2.52. The second kappa shape index (κ2) is 11.7. The van der Waals surface area contributed by atoms with Gasteiger partial charge in [-0.1, -0.05) is 6.07 Å². The lowest BCUT2D eigenvalue weighted by atomic mass is 9.76. The van der Waals surface area contributed by atoms with E-state index < -0.39 is 11.9 Å². The SMILES string of the molecule is COc1ccc2c(c1OC(C)=O)-c1cc(OC(C)=O)cc3c1[C@@H](C2)N(C(=O)CN(CCCl)CCCl)CC3. The molecule has 0 N–H and O–H groups in total. The van der Waals surface area contributed by atoms with Crippen LogP contribution in [0.15, 0.2) is 24.3 Å². The maximum Gasteiger partial charge on any atom is 0.308 e. The van der Waals surface area contributed by atoms with Gasteiger partial charge in [0.15, 0.2) is 11.5 Å². The van der Waals surface area contributed by atoms with Crippen molar-refractivity contribution in [2.75, 3.05) is 45.0 Å². The lowest BCUT2D eigenvalue weighted by molar-refractivity contribution is -0.135. The molecule has 0 spiro atoms. The number of carbonyl (C=O) groups is 3. The molecule has 1 atom stereocenters. The summed E-state index contributed by atoms with van der Waals surface area (Å²) >= 11 is 11.9. The summed E-state index contributed by atoms with van der Waals surface area (Å²) in [5, 5.41) is 0. The Balaban J connectivity index is 1.83. The van der Waals surface area contributed by atoms with Gasteiger partial charge in [-0.2, -0.15) is 0 Å². The number of hydrogen-bond acceptors (Lipinski definition) is 7. The Morgan fingerprint density at radius 3 is 2.35 bits per heavy atom. The van der Waals surface area contributed by atoms with E-state index in [0.29, 0.717) is 67.0 Å². The monoisotopic (exact) mass is 548 g/mol. The van der Waals surface area contributed by atoms with Crippen molar-refractivity contribution in [1.29, 1.82) is 0 Å². The summed E-state index contributed by atoms with van der Waals surface area (Å²) in [4.78, 5) is 41.2. The van der Waals surface area contributed by atoms with Crippen molar-refractivity contribution in [3.63, 3.8) is 0 Å². The van der Waals surface area contributed by atoms with Crippen LogP contribution in [0.2, 0.25) is 0 Å². The second-order valence-corrected chi connectivity index (χ2v) is 9.83. The number of nitrogens with zero attached hydrogens (tertiary/aromatic N) is 2. The zero-order chi connectivity index (χ0) is 26.7. The van der Waals surface area contributed by atoms with E-state index in [0.717, 1.165) is 22.3 Å². The van der Waals surface area contributed by atoms with E-state index in [4.69, 9.17) is 37.4 Å². The number of benzene rings is 2. The molecule has 1 aliphatic heterocycles. The third kappa shape index (κ3) is 5.71. The van der Waals surface area contributed by atoms with Gasteiger partial charge >= 0.3 is 11.9 Å². The van der Waals surface area contributed by atoms with E-state index in [1.54, 1.807) is 12.1 Å². The summed E-state index contributed by atoms with van der Waals surface area (Å²) in [5.41, 5.74) is 4.31. The van der Waals surface area contributed by atoms with Crippen molar-refractivity contribution in [2.24, 2.45) is 0 Å². The van der Waals surface area contributed by atoms with Crippen LogP contribution in [0.5, 0.6) is 17.2 Å². The topological polar surface area (TPSA) is 85.4 Å². The third-order valence-electron chi connectivity index (χ3n) is 6.67. The molecule has 10 heteroatoms. The van der Waals surface area contributed by atoms with E-state index in [1.165, 1.54) is 21.0 Å². The molecule has 0 aromatic heterocycles. The van der Waals surface area contributed by atoms with Gasteiger partial charge in [0.25, 0.3) is 0 Å². The minimum Gasteiger partial charge on any atom is -0.493 e. The zero-order valence-corrected chi connectivity index (χ0v) is 22.7. The minimum atomic E-state index is -0.477. The Hall–Kier alpha value is -2.81. The van der Waals surface area contributed by atoms with Crippen LogP contribution < -0.4 is 14.2 Å². The summed E-state index contributed by atoms with van der Waals surface area (Å²) in [5.74, 6) is 1.04. The molecule has 0 saturated carbocycles. The number of carbonyl (C=O) groups excluding carboxylic acids is 3. The van der Waals surface area contributed by atoms with Crippen LogP contribution >= 0.6 is 23.2 Å². The summed E-state index contributed by atoms with van der Waals surface area (Å²) in [6, 6.07) is 7.10. The third-order valence-corrected chi connectivity index (χ3v) is 7.01. The lowest BCUT2D eigenvalue weighted by Crippen LogP contribution is -2.47. The fraction of sp³-hybridized carbons (Fsp3) is 0.444. The number of fused-ring (bicyclic) bond motifs is 2. The normalized spacial score (nSPS) is 15.6. The predicted molar refractivity (Wildman–Crippen MR) is 141 cm³/mol. The molecule has 0 bridgehead atoms. The average Bonchev–Trinajstić information content (AvgIpc) is 2.83. The van der Waals surface area contributed by atoms with Crippen LogP contribution in [0.1, 0.15) is 36.6 Å². The first-order valence-corrected chi connectivity index (χ1v) is 13.2. The molecule has 1 heterocycles. The highest BCUT2D eigenvalue weighted by atomic mass is 35.5. The second-order valence-electron chi connectivity index (χ2n) is 9.07. The summed E-state index contributed by atoms with van der Waals surface area (Å²) in [6.07, 6.45) is 1.13. The molecule has 1 amide bonds. The van der Waals surface area contributed by atoms with Gasteiger partial charge in [-0.15, -0.1) is 23.2 Å². The molecule has 0 fully saturated rings.